The third kappa shape index (κ3) is 2.58. The van der Waals surface area contributed by atoms with E-state index >= 15 is 0 Å². The zero-order valence-corrected chi connectivity index (χ0v) is 14.4. The molecule has 0 N–H and O–H groups in total. The normalized spacial score (nSPS) is 21.0. The van der Waals surface area contributed by atoms with E-state index in [1.807, 2.05) is 91.0 Å². The van der Waals surface area contributed by atoms with Crippen molar-refractivity contribution in [3.8, 4) is 0 Å². The highest BCUT2D eigenvalue weighted by Crippen LogP contribution is 2.52. The van der Waals surface area contributed by atoms with Gasteiger partial charge in [0.1, 0.15) is 6.10 Å². The van der Waals surface area contributed by atoms with Crippen molar-refractivity contribution >= 4 is 10.1 Å². The molecule has 3 aromatic carbocycles. The van der Waals surface area contributed by atoms with Crippen molar-refractivity contribution in [1.29, 1.82) is 0 Å². The fourth-order valence-electron chi connectivity index (χ4n) is 3.58. The summed E-state index contributed by atoms with van der Waals surface area (Å²) in [4.78, 5) is 0. The second-order valence-electron chi connectivity index (χ2n) is 6.21. The van der Waals surface area contributed by atoms with Gasteiger partial charge in [-0.25, -0.2) is 0 Å². The van der Waals surface area contributed by atoms with Crippen LogP contribution in [0.1, 0.15) is 29.2 Å². The SMILES string of the molecule is O=S1(=O)O[C@H](c2ccccc2)CC1(c1ccccc1)c1ccccc1. The van der Waals surface area contributed by atoms with Crippen molar-refractivity contribution in [2.24, 2.45) is 0 Å². The summed E-state index contributed by atoms with van der Waals surface area (Å²) in [5.74, 6) is 0. The van der Waals surface area contributed by atoms with Crippen LogP contribution in [0.4, 0.5) is 0 Å². The number of hydrogen-bond acceptors (Lipinski definition) is 3. The summed E-state index contributed by atoms with van der Waals surface area (Å²) in [6, 6.07) is 28.2. The van der Waals surface area contributed by atoms with Gasteiger partial charge in [-0.1, -0.05) is 91.0 Å². The second kappa shape index (κ2) is 6.14. The van der Waals surface area contributed by atoms with E-state index in [0.717, 1.165) is 16.7 Å². The molecule has 4 heteroatoms. The highest BCUT2D eigenvalue weighted by molar-refractivity contribution is 7.88. The smallest absolute Gasteiger partial charge is 0.261 e. The van der Waals surface area contributed by atoms with Gasteiger partial charge in [-0.2, -0.15) is 8.42 Å². The molecule has 0 unspecified atom stereocenters. The molecular weight excluding hydrogens is 332 g/mol. The molecule has 0 radical (unpaired) electrons. The Morgan fingerprint density at radius 2 is 1.16 bits per heavy atom. The van der Waals surface area contributed by atoms with Gasteiger partial charge in [-0.15, -0.1) is 0 Å². The summed E-state index contributed by atoms with van der Waals surface area (Å²) in [7, 11) is -3.85. The molecule has 0 aliphatic carbocycles. The average Bonchev–Trinajstić information content (AvgIpc) is 2.96. The lowest BCUT2D eigenvalue weighted by molar-refractivity contribution is 0.239. The standard InChI is InChI=1S/C21H18O3S/c22-25(23)21(18-12-6-2-7-13-18,19-14-8-3-9-15-19)16-20(24-25)17-10-4-1-5-11-17/h1-15,20H,16H2/t20-/m0/s1. The van der Waals surface area contributed by atoms with Crippen LogP contribution in [0.15, 0.2) is 91.0 Å². The third-order valence-electron chi connectivity index (χ3n) is 4.79. The van der Waals surface area contributed by atoms with Crippen LogP contribution in [0.25, 0.3) is 0 Å². The van der Waals surface area contributed by atoms with Crippen molar-refractivity contribution in [2.45, 2.75) is 17.3 Å². The molecule has 4 rings (SSSR count). The summed E-state index contributed by atoms with van der Waals surface area (Å²) in [5.41, 5.74) is 2.35. The minimum absolute atomic E-state index is 0.355. The zero-order valence-electron chi connectivity index (χ0n) is 13.6. The molecule has 3 nitrogen and oxygen atoms in total. The third-order valence-corrected chi connectivity index (χ3v) is 6.77. The minimum Gasteiger partial charge on any atom is -0.261 e. The molecule has 3 aromatic rings. The molecule has 1 atom stereocenters. The Morgan fingerprint density at radius 1 is 0.720 bits per heavy atom. The summed E-state index contributed by atoms with van der Waals surface area (Å²) in [6.07, 6.45) is -0.139. The molecule has 1 aliphatic rings. The highest BCUT2D eigenvalue weighted by Gasteiger charge is 2.56. The molecular formula is C21H18O3S. The first-order chi connectivity index (χ1) is 12.1. The molecule has 25 heavy (non-hydrogen) atoms. The van der Waals surface area contributed by atoms with Crippen LogP contribution < -0.4 is 0 Å². The molecule has 1 heterocycles. The van der Waals surface area contributed by atoms with Crippen LogP contribution in [0, 0.1) is 0 Å². The molecule has 0 amide bonds. The predicted octanol–water partition coefficient (Wildman–Crippen LogP) is 4.42. The van der Waals surface area contributed by atoms with Crippen LogP contribution in [0.5, 0.6) is 0 Å². The van der Waals surface area contributed by atoms with E-state index in [-0.39, 0.29) is 0 Å². The Labute approximate surface area is 148 Å². The molecule has 0 aromatic heterocycles. The fraction of sp³-hybridized carbons (Fsp3) is 0.143. The lowest BCUT2D eigenvalue weighted by Gasteiger charge is -2.27. The monoisotopic (exact) mass is 350 g/mol. The van der Waals surface area contributed by atoms with Crippen LogP contribution in [0.3, 0.4) is 0 Å². The van der Waals surface area contributed by atoms with Crippen LogP contribution in [-0.2, 0) is 19.0 Å². The topological polar surface area (TPSA) is 43.4 Å². The van der Waals surface area contributed by atoms with E-state index in [1.54, 1.807) is 0 Å². The van der Waals surface area contributed by atoms with Gasteiger partial charge in [0.15, 0.2) is 4.75 Å². The maximum Gasteiger partial charge on any atom is 0.282 e. The highest BCUT2D eigenvalue weighted by atomic mass is 32.2. The van der Waals surface area contributed by atoms with E-state index in [2.05, 4.69) is 0 Å². The van der Waals surface area contributed by atoms with Gasteiger partial charge in [-0.05, 0) is 16.7 Å². The second-order valence-corrected chi connectivity index (χ2v) is 8.01. The summed E-state index contributed by atoms with van der Waals surface area (Å²) in [5, 5.41) is 0. The maximum absolute atomic E-state index is 13.2. The van der Waals surface area contributed by atoms with Crippen LogP contribution in [-0.4, -0.2) is 8.42 Å². The Bertz CT molecular complexity index is 912. The first-order valence-corrected chi connectivity index (χ1v) is 9.63. The first kappa shape index (κ1) is 16.1. The minimum atomic E-state index is -3.85. The summed E-state index contributed by atoms with van der Waals surface area (Å²) >= 11 is 0. The fourth-order valence-corrected chi connectivity index (χ4v) is 5.43. The zero-order chi connectivity index (χ0) is 17.3. The Kier molecular flexibility index (Phi) is 3.94. The van der Waals surface area contributed by atoms with Crippen molar-refractivity contribution in [3.05, 3.63) is 108 Å². The number of hydrogen-bond donors (Lipinski definition) is 0. The van der Waals surface area contributed by atoms with Crippen molar-refractivity contribution < 1.29 is 12.6 Å². The first-order valence-electron chi connectivity index (χ1n) is 8.22. The van der Waals surface area contributed by atoms with E-state index < -0.39 is 21.0 Å². The Hall–Kier alpha value is -2.43. The molecule has 0 spiro atoms. The van der Waals surface area contributed by atoms with E-state index in [9.17, 15) is 8.42 Å². The average molecular weight is 350 g/mol. The largest absolute Gasteiger partial charge is 0.282 e. The quantitative estimate of drug-likeness (QED) is 0.657. The van der Waals surface area contributed by atoms with Crippen LogP contribution >= 0.6 is 0 Å². The Morgan fingerprint density at radius 3 is 1.64 bits per heavy atom. The maximum atomic E-state index is 13.2. The van der Waals surface area contributed by atoms with E-state index in [1.165, 1.54) is 0 Å². The summed E-state index contributed by atoms with van der Waals surface area (Å²) in [6.45, 7) is 0. The van der Waals surface area contributed by atoms with Gasteiger partial charge in [-0.3, -0.25) is 4.18 Å². The van der Waals surface area contributed by atoms with Gasteiger partial charge in [0.05, 0.1) is 0 Å². The lowest BCUT2D eigenvalue weighted by Crippen LogP contribution is -2.32. The van der Waals surface area contributed by atoms with E-state index in [0.29, 0.717) is 6.42 Å². The van der Waals surface area contributed by atoms with Crippen molar-refractivity contribution in [3.63, 3.8) is 0 Å². The summed E-state index contributed by atoms with van der Waals surface area (Å²) < 4.78 is 30.9. The molecule has 1 fully saturated rings. The molecule has 0 saturated carbocycles. The van der Waals surface area contributed by atoms with Gasteiger partial charge in [0.25, 0.3) is 10.1 Å². The van der Waals surface area contributed by atoms with Crippen LogP contribution in [0.2, 0.25) is 0 Å². The van der Waals surface area contributed by atoms with Gasteiger partial charge >= 0.3 is 0 Å². The lowest BCUT2D eigenvalue weighted by atomic mass is 9.84. The molecule has 1 aliphatic heterocycles. The van der Waals surface area contributed by atoms with E-state index in [4.69, 9.17) is 4.18 Å². The van der Waals surface area contributed by atoms with Crippen molar-refractivity contribution in [1.82, 2.24) is 0 Å². The molecule has 1 saturated heterocycles. The Balaban J connectivity index is 1.92. The number of benzene rings is 3. The predicted molar refractivity (Wildman–Crippen MR) is 97.5 cm³/mol. The molecule has 0 bridgehead atoms. The van der Waals surface area contributed by atoms with Gasteiger partial charge in [0.2, 0.25) is 0 Å². The molecule has 126 valence electrons. The van der Waals surface area contributed by atoms with Gasteiger partial charge in [0, 0.05) is 6.42 Å². The van der Waals surface area contributed by atoms with Crippen molar-refractivity contribution in [2.75, 3.05) is 0 Å². The van der Waals surface area contributed by atoms with Gasteiger partial charge < -0.3 is 0 Å². The number of rotatable bonds is 3.